The highest BCUT2D eigenvalue weighted by atomic mass is 35.5. The summed E-state index contributed by atoms with van der Waals surface area (Å²) in [5.41, 5.74) is -1.23. The van der Waals surface area contributed by atoms with E-state index in [1.54, 1.807) is 0 Å². The molecule has 0 radical (unpaired) electrons. The van der Waals surface area contributed by atoms with Crippen LogP contribution in [0.5, 0.6) is 0 Å². The predicted molar refractivity (Wildman–Crippen MR) is 79.6 cm³/mol. The zero-order valence-electron chi connectivity index (χ0n) is 12.2. The second kappa shape index (κ2) is 7.98. The van der Waals surface area contributed by atoms with Gasteiger partial charge in [0.1, 0.15) is 0 Å². The molecule has 2 N–H and O–H groups in total. The van der Waals surface area contributed by atoms with Crippen LogP contribution in [-0.4, -0.2) is 27.4 Å². The van der Waals surface area contributed by atoms with Crippen molar-refractivity contribution in [1.82, 2.24) is 10.0 Å². The SMILES string of the molecule is CCCNC(=O)CCNS(=O)(=O)c1ccc(Cl)c(C(F)(F)F)c1. The van der Waals surface area contributed by atoms with Crippen molar-refractivity contribution in [1.29, 1.82) is 0 Å². The van der Waals surface area contributed by atoms with E-state index in [0.29, 0.717) is 12.6 Å². The number of nitrogens with one attached hydrogen (secondary N) is 2. The monoisotopic (exact) mass is 372 g/mol. The number of hydrogen-bond acceptors (Lipinski definition) is 3. The molecule has 0 atom stereocenters. The van der Waals surface area contributed by atoms with Crippen LogP contribution < -0.4 is 10.0 Å². The summed E-state index contributed by atoms with van der Waals surface area (Å²) in [5, 5.41) is 1.97. The summed E-state index contributed by atoms with van der Waals surface area (Å²) < 4.78 is 64.2. The number of amides is 1. The van der Waals surface area contributed by atoms with E-state index >= 15 is 0 Å². The second-order valence-corrected chi connectivity index (χ2v) is 6.81. The Hall–Kier alpha value is -1.32. The van der Waals surface area contributed by atoms with Crippen LogP contribution >= 0.6 is 11.6 Å². The molecule has 0 fully saturated rings. The topological polar surface area (TPSA) is 75.3 Å². The van der Waals surface area contributed by atoms with Crippen LogP contribution in [0.25, 0.3) is 0 Å². The van der Waals surface area contributed by atoms with Crippen molar-refractivity contribution in [3.8, 4) is 0 Å². The number of sulfonamides is 1. The summed E-state index contributed by atoms with van der Waals surface area (Å²) >= 11 is 5.44. The molecule has 1 rings (SSSR count). The lowest BCUT2D eigenvalue weighted by atomic mass is 10.2. The molecule has 1 aromatic rings. The summed E-state index contributed by atoms with van der Waals surface area (Å²) in [7, 11) is -4.16. The minimum absolute atomic E-state index is 0.112. The van der Waals surface area contributed by atoms with E-state index in [0.717, 1.165) is 18.6 Å². The Balaban J connectivity index is 2.79. The van der Waals surface area contributed by atoms with Crippen molar-refractivity contribution >= 4 is 27.5 Å². The molecule has 0 aliphatic rings. The van der Waals surface area contributed by atoms with Gasteiger partial charge in [0.05, 0.1) is 15.5 Å². The molecule has 0 spiro atoms. The van der Waals surface area contributed by atoms with E-state index in [1.165, 1.54) is 0 Å². The van der Waals surface area contributed by atoms with Gasteiger partial charge in [0, 0.05) is 19.5 Å². The molecule has 5 nitrogen and oxygen atoms in total. The van der Waals surface area contributed by atoms with Crippen molar-refractivity contribution in [3.63, 3.8) is 0 Å². The Bertz CT molecular complexity index is 663. The van der Waals surface area contributed by atoms with Gasteiger partial charge in [-0.3, -0.25) is 4.79 Å². The van der Waals surface area contributed by atoms with Gasteiger partial charge in [-0.05, 0) is 24.6 Å². The van der Waals surface area contributed by atoms with E-state index in [-0.39, 0.29) is 18.9 Å². The van der Waals surface area contributed by atoms with Crippen LogP contribution in [0.4, 0.5) is 13.2 Å². The molecule has 23 heavy (non-hydrogen) atoms. The standard InChI is InChI=1S/C13H16ClF3N2O3S/c1-2-6-18-12(20)5-7-19-23(21,22)9-3-4-11(14)10(8-9)13(15,16)17/h3-4,8,19H,2,5-7H2,1H3,(H,18,20). The molecule has 0 aliphatic heterocycles. The number of benzene rings is 1. The smallest absolute Gasteiger partial charge is 0.356 e. The van der Waals surface area contributed by atoms with E-state index < -0.39 is 31.7 Å². The minimum atomic E-state index is -4.76. The predicted octanol–water partition coefficient (Wildman–Crippen LogP) is 2.55. The number of carbonyl (C=O) groups excluding carboxylic acids is 1. The number of carbonyl (C=O) groups is 1. The number of rotatable bonds is 7. The molecule has 0 aromatic heterocycles. The highest BCUT2D eigenvalue weighted by Gasteiger charge is 2.34. The number of hydrogen-bond donors (Lipinski definition) is 2. The van der Waals surface area contributed by atoms with Gasteiger partial charge in [0.15, 0.2) is 0 Å². The van der Waals surface area contributed by atoms with Crippen LogP contribution in [0.2, 0.25) is 5.02 Å². The van der Waals surface area contributed by atoms with Crippen molar-refractivity contribution in [2.24, 2.45) is 0 Å². The molecule has 0 bridgehead atoms. The number of alkyl halides is 3. The van der Waals surface area contributed by atoms with Crippen molar-refractivity contribution in [3.05, 3.63) is 28.8 Å². The Labute approximate surface area is 137 Å². The lowest BCUT2D eigenvalue weighted by Crippen LogP contribution is -2.31. The molecular formula is C13H16ClF3N2O3S. The lowest BCUT2D eigenvalue weighted by molar-refractivity contribution is -0.137. The molecule has 1 aromatic carbocycles. The van der Waals surface area contributed by atoms with E-state index in [2.05, 4.69) is 10.0 Å². The minimum Gasteiger partial charge on any atom is -0.356 e. The molecule has 1 amide bonds. The molecule has 0 unspecified atom stereocenters. The van der Waals surface area contributed by atoms with Crippen LogP contribution in [0.1, 0.15) is 25.3 Å². The summed E-state index contributed by atoms with van der Waals surface area (Å²) in [6.07, 6.45) is -4.13. The first-order valence-corrected chi connectivity index (χ1v) is 8.57. The Morgan fingerprint density at radius 1 is 1.26 bits per heavy atom. The van der Waals surface area contributed by atoms with Gasteiger partial charge in [0.25, 0.3) is 0 Å². The molecular weight excluding hydrogens is 357 g/mol. The van der Waals surface area contributed by atoms with Gasteiger partial charge in [-0.15, -0.1) is 0 Å². The number of halogens is 4. The Morgan fingerprint density at radius 2 is 1.91 bits per heavy atom. The van der Waals surface area contributed by atoms with Gasteiger partial charge in [-0.25, -0.2) is 13.1 Å². The second-order valence-electron chi connectivity index (χ2n) is 4.64. The molecule has 10 heteroatoms. The van der Waals surface area contributed by atoms with Gasteiger partial charge in [0.2, 0.25) is 15.9 Å². The first-order valence-electron chi connectivity index (χ1n) is 6.71. The van der Waals surface area contributed by atoms with Gasteiger partial charge >= 0.3 is 6.18 Å². The molecule has 0 heterocycles. The first kappa shape index (κ1) is 19.7. The lowest BCUT2D eigenvalue weighted by Gasteiger charge is -2.12. The average molecular weight is 373 g/mol. The summed E-state index contributed by atoms with van der Waals surface area (Å²) in [6.45, 7) is 2.11. The quantitative estimate of drug-likeness (QED) is 0.772. The van der Waals surface area contributed by atoms with E-state index in [1.807, 2.05) is 6.92 Å². The highest BCUT2D eigenvalue weighted by molar-refractivity contribution is 7.89. The third-order valence-electron chi connectivity index (χ3n) is 2.77. The Kier molecular flexibility index (Phi) is 6.84. The fourth-order valence-corrected chi connectivity index (χ4v) is 2.91. The van der Waals surface area contributed by atoms with Gasteiger partial charge < -0.3 is 5.32 Å². The van der Waals surface area contributed by atoms with Crippen molar-refractivity contribution in [2.45, 2.75) is 30.8 Å². The van der Waals surface area contributed by atoms with Crippen LogP contribution in [-0.2, 0) is 21.0 Å². The molecule has 0 saturated heterocycles. The third kappa shape index (κ3) is 6.00. The van der Waals surface area contributed by atoms with Gasteiger partial charge in [-0.2, -0.15) is 13.2 Å². The molecule has 0 saturated carbocycles. The fraction of sp³-hybridized carbons (Fsp3) is 0.462. The van der Waals surface area contributed by atoms with Crippen molar-refractivity contribution < 1.29 is 26.4 Å². The maximum absolute atomic E-state index is 12.7. The first-order chi connectivity index (χ1) is 10.6. The highest BCUT2D eigenvalue weighted by Crippen LogP contribution is 2.35. The largest absolute Gasteiger partial charge is 0.417 e. The third-order valence-corrected chi connectivity index (χ3v) is 4.56. The normalized spacial score (nSPS) is 12.2. The van der Waals surface area contributed by atoms with Crippen LogP contribution in [0.3, 0.4) is 0 Å². The zero-order valence-corrected chi connectivity index (χ0v) is 13.8. The Morgan fingerprint density at radius 3 is 2.48 bits per heavy atom. The fourth-order valence-electron chi connectivity index (χ4n) is 1.62. The van der Waals surface area contributed by atoms with Crippen molar-refractivity contribution in [2.75, 3.05) is 13.1 Å². The zero-order chi connectivity index (χ0) is 17.7. The average Bonchev–Trinajstić information content (AvgIpc) is 2.43. The van der Waals surface area contributed by atoms with Crippen LogP contribution in [0.15, 0.2) is 23.1 Å². The molecule has 0 aliphatic carbocycles. The van der Waals surface area contributed by atoms with E-state index in [9.17, 15) is 26.4 Å². The maximum atomic E-state index is 12.7. The summed E-state index contributed by atoms with van der Waals surface area (Å²) in [4.78, 5) is 10.8. The van der Waals surface area contributed by atoms with Crippen LogP contribution in [0, 0.1) is 0 Å². The summed E-state index contributed by atoms with van der Waals surface area (Å²) in [6, 6.07) is 2.30. The van der Waals surface area contributed by atoms with E-state index in [4.69, 9.17) is 11.6 Å². The maximum Gasteiger partial charge on any atom is 0.417 e. The van der Waals surface area contributed by atoms with Gasteiger partial charge in [-0.1, -0.05) is 18.5 Å². The summed E-state index contributed by atoms with van der Waals surface area (Å²) in [5.74, 6) is -0.346. The molecule has 130 valence electrons.